The molecule has 94 valence electrons. The molecular formula is C15H12FN2O+. The molecule has 0 bridgehead atoms. The molecule has 1 heterocycles. The molecule has 3 rings (SSSR count). The number of benzene rings is 2. The van der Waals surface area contributed by atoms with Crippen molar-refractivity contribution >= 4 is 16.9 Å². The zero-order valence-corrected chi connectivity index (χ0v) is 10.4. The highest BCUT2D eigenvalue weighted by molar-refractivity contribution is 6.01. The summed E-state index contributed by atoms with van der Waals surface area (Å²) in [6, 6.07) is 13.5. The number of H-pyrrole nitrogens is 1. The molecule has 0 unspecified atom stereocenters. The van der Waals surface area contributed by atoms with Crippen LogP contribution in [0.25, 0.3) is 11.0 Å². The van der Waals surface area contributed by atoms with Gasteiger partial charge in [0.2, 0.25) is 0 Å². The number of aromatic amines is 1. The summed E-state index contributed by atoms with van der Waals surface area (Å²) in [5, 5.41) is 0. The molecule has 1 aromatic heterocycles. The Morgan fingerprint density at radius 2 is 1.79 bits per heavy atom. The molecule has 0 radical (unpaired) electrons. The van der Waals surface area contributed by atoms with E-state index in [0.717, 1.165) is 11.0 Å². The van der Waals surface area contributed by atoms with Crippen LogP contribution in [-0.4, -0.2) is 10.5 Å². The van der Waals surface area contributed by atoms with E-state index in [1.54, 1.807) is 19.1 Å². The average Bonchev–Trinajstić information content (AvgIpc) is 2.74. The first-order valence-corrected chi connectivity index (χ1v) is 5.97. The predicted molar refractivity (Wildman–Crippen MR) is 69.4 cm³/mol. The second kappa shape index (κ2) is 4.31. The number of aryl methyl sites for hydroxylation is 1. The van der Waals surface area contributed by atoms with Crippen molar-refractivity contribution < 1.29 is 14.2 Å². The summed E-state index contributed by atoms with van der Waals surface area (Å²) in [6.45, 7) is 1.79. The van der Waals surface area contributed by atoms with E-state index in [1.165, 1.54) is 16.7 Å². The fourth-order valence-corrected chi connectivity index (χ4v) is 2.22. The van der Waals surface area contributed by atoms with Crippen molar-refractivity contribution in [2.75, 3.05) is 0 Å². The van der Waals surface area contributed by atoms with Gasteiger partial charge in [-0.15, -0.1) is 0 Å². The number of carbonyl (C=O) groups is 1. The summed E-state index contributed by atoms with van der Waals surface area (Å²) >= 11 is 0. The first-order valence-electron chi connectivity index (χ1n) is 5.97. The van der Waals surface area contributed by atoms with Gasteiger partial charge in [0.25, 0.3) is 5.82 Å². The molecule has 0 fully saturated rings. The van der Waals surface area contributed by atoms with E-state index in [9.17, 15) is 9.18 Å². The first kappa shape index (κ1) is 11.6. The maximum atomic E-state index is 13.7. The minimum atomic E-state index is -0.510. The highest BCUT2D eigenvalue weighted by Crippen LogP contribution is 2.16. The normalized spacial score (nSPS) is 10.8. The van der Waals surface area contributed by atoms with Gasteiger partial charge in [0, 0.05) is 6.92 Å². The Morgan fingerprint density at radius 1 is 1.11 bits per heavy atom. The Morgan fingerprint density at radius 3 is 2.58 bits per heavy atom. The van der Waals surface area contributed by atoms with Gasteiger partial charge < -0.3 is 0 Å². The molecule has 0 aliphatic carbocycles. The van der Waals surface area contributed by atoms with Gasteiger partial charge in [-0.3, -0.25) is 0 Å². The van der Waals surface area contributed by atoms with Crippen molar-refractivity contribution in [1.82, 2.24) is 4.57 Å². The lowest BCUT2D eigenvalue weighted by molar-refractivity contribution is -0.356. The summed E-state index contributed by atoms with van der Waals surface area (Å²) in [6.07, 6.45) is 0. The minimum absolute atomic E-state index is 0.0698. The molecule has 19 heavy (non-hydrogen) atoms. The van der Waals surface area contributed by atoms with Crippen LogP contribution in [0.15, 0.2) is 48.5 Å². The third-order valence-corrected chi connectivity index (χ3v) is 3.10. The van der Waals surface area contributed by atoms with E-state index in [-0.39, 0.29) is 11.5 Å². The fourth-order valence-electron chi connectivity index (χ4n) is 2.22. The highest BCUT2D eigenvalue weighted by atomic mass is 19.1. The maximum absolute atomic E-state index is 13.7. The van der Waals surface area contributed by atoms with Crippen LogP contribution in [0.2, 0.25) is 0 Å². The molecule has 0 aliphatic rings. The molecule has 0 aliphatic heterocycles. The molecule has 2 aromatic carbocycles. The summed E-state index contributed by atoms with van der Waals surface area (Å²) in [7, 11) is 0. The van der Waals surface area contributed by atoms with Gasteiger partial charge in [-0.05, 0) is 24.3 Å². The van der Waals surface area contributed by atoms with Crippen molar-refractivity contribution in [3.63, 3.8) is 0 Å². The zero-order chi connectivity index (χ0) is 13.4. The van der Waals surface area contributed by atoms with Crippen LogP contribution in [0.5, 0.6) is 0 Å². The van der Waals surface area contributed by atoms with Crippen LogP contribution in [0, 0.1) is 12.7 Å². The summed E-state index contributed by atoms with van der Waals surface area (Å²) < 4.78 is 15.2. The number of halogens is 1. The predicted octanol–water partition coefficient (Wildman–Crippen LogP) is 2.59. The molecule has 3 aromatic rings. The molecule has 0 saturated heterocycles. The number of imidazole rings is 1. The second-order valence-electron chi connectivity index (χ2n) is 4.35. The Labute approximate surface area is 109 Å². The SMILES string of the molecule is Cc1[nH+]c2ccccc2n1C(=O)c1ccccc1F. The Balaban J connectivity index is 2.23. The van der Waals surface area contributed by atoms with Crippen molar-refractivity contribution in [3.05, 3.63) is 65.7 Å². The van der Waals surface area contributed by atoms with E-state index in [2.05, 4.69) is 4.98 Å². The van der Waals surface area contributed by atoms with Crippen molar-refractivity contribution in [3.8, 4) is 0 Å². The minimum Gasteiger partial charge on any atom is -0.241 e. The van der Waals surface area contributed by atoms with Crippen LogP contribution < -0.4 is 4.98 Å². The molecule has 1 N–H and O–H groups in total. The number of rotatable bonds is 1. The highest BCUT2D eigenvalue weighted by Gasteiger charge is 2.24. The Bertz CT molecular complexity index is 777. The second-order valence-corrected chi connectivity index (χ2v) is 4.35. The number of nitrogens with one attached hydrogen (secondary N) is 1. The van der Waals surface area contributed by atoms with Gasteiger partial charge in [-0.1, -0.05) is 24.3 Å². The smallest absolute Gasteiger partial charge is 0.241 e. The standard InChI is InChI=1S/C15H11FN2O/c1-10-17-13-8-4-5-9-14(13)18(10)15(19)11-6-2-3-7-12(11)16/h2-9H,1H3/p+1. The molecule has 0 amide bonds. The van der Waals surface area contributed by atoms with Gasteiger partial charge in [-0.2, -0.15) is 4.57 Å². The van der Waals surface area contributed by atoms with Gasteiger partial charge in [0.15, 0.2) is 11.0 Å². The molecule has 4 heteroatoms. The van der Waals surface area contributed by atoms with Crippen molar-refractivity contribution in [2.45, 2.75) is 6.92 Å². The number of para-hydroxylation sites is 2. The lowest BCUT2D eigenvalue weighted by atomic mass is 10.2. The van der Waals surface area contributed by atoms with Gasteiger partial charge in [-0.25, -0.2) is 14.2 Å². The fraction of sp³-hybridized carbons (Fsp3) is 0.0667. The monoisotopic (exact) mass is 255 g/mol. The van der Waals surface area contributed by atoms with E-state index in [0.29, 0.717) is 5.82 Å². The third kappa shape index (κ3) is 1.81. The number of hydrogen-bond acceptors (Lipinski definition) is 1. The molecular weight excluding hydrogens is 243 g/mol. The quantitative estimate of drug-likeness (QED) is 0.658. The van der Waals surface area contributed by atoms with Crippen LogP contribution in [0.4, 0.5) is 4.39 Å². The van der Waals surface area contributed by atoms with E-state index in [4.69, 9.17) is 0 Å². The number of hydrogen-bond donors (Lipinski definition) is 0. The Kier molecular flexibility index (Phi) is 2.63. The molecule has 3 nitrogen and oxygen atoms in total. The molecule has 0 saturated carbocycles. The van der Waals surface area contributed by atoms with Crippen LogP contribution in [-0.2, 0) is 0 Å². The number of aromatic nitrogens is 2. The molecule has 0 spiro atoms. The summed E-state index contributed by atoms with van der Waals surface area (Å²) in [5.74, 6) is -0.202. The topological polar surface area (TPSA) is 36.1 Å². The van der Waals surface area contributed by atoms with Crippen LogP contribution in [0.1, 0.15) is 16.2 Å². The van der Waals surface area contributed by atoms with Crippen LogP contribution >= 0.6 is 0 Å². The number of carbonyl (C=O) groups excluding carboxylic acids is 1. The zero-order valence-electron chi connectivity index (χ0n) is 10.4. The first-order chi connectivity index (χ1) is 9.18. The maximum Gasteiger partial charge on any atom is 0.349 e. The van der Waals surface area contributed by atoms with E-state index in [1.807, 2.05) is 24.3 Å². The van der Waals surface area contributed by atoms with Crippen molar-refractivity contribution in [1.29, 1.82) is 0 Å². The van der Waals surface area contributed by atoms with Gasteiger partial charge in [0.1, 0.15) is 11.4 Å². The Hall–Kier alpha value is -2.49. The lowest BCUT2D eigenvalue weighted by Gasteiger charge is -2.00. The largest absolute Gasteiger partial charge is 0.349 e. The third-order valence-electron chi connectivity index (χ3n) is 3.10. The van der Waals surface area contributed by atoms with Crippen LogP contribution in [0.3, 0.4) is 0 Å². The average molecular weight is 255 g/mol. The van der Waals surface area contributed by atoms with E-state index >= 15 is 0 Å². The lowest BCUT2D eigenvalue weighted by Crippen LogP contribution is -2.17. The summed E-state index contributed by atoms with van der Waals surface area (Å²) in [4.78, 5) is 15.6. The van der Waals surface area contributed by atoms with Crippen molar-refractivity contribution in [2.24, 2.45) is 0 Å². The van der Waals surface area contributed by atoms with Gasteiger partial charge in [0.05, 0.1) is 0 Å². The molecule has 0 atom stereocenters. The van der Waals surface area contributed by atoms with E-state index < -0.39 is 5.82 Å². The number of fused-ring (bicyclic) bond motifs is 1. The number of nitrogens with zero attached hydrogens (tertiary/aromatic N) is 1. The van der Waals surface area contributed by atoms with Gasteiger partial charge >= 0.3 is 5.91 Å². The summed E-state index contributed by atoms with van der Waals surface area (Å²) in [5.41, 5.74) is 1.67.